The van der Waals surface area contributed by atoms with Gasteiger partial charge in [-0.1, -0.05) is 49.1 Å². The molecule has 1 aliphatic rings. The van der Waals surface area contributed by atoms with Gasteiger partial charge in [0.05, 0.1) is 0 Å². The summed E-state index contributed by atoms with van der Waals surface area (Å²) in [5.74, 6) is 0. The zero-order chi connectivity index (χ0) is 13.9. The molecule has 1 aliphatic carbocycles. The van der Waals surface area contributed by atoms with E-state index < -0.39 is 10.0 Å². The van der Waals surface area contributed by atoms with Crippen molar-refractivity contribution in [2.45, 2.75) is 25.4 Å². The zero-order valence-corrected chi connectivity index (χ0v) is 12.9. The van der Waals surface area contributed by atoms with Crippen molar-refractivity contribution < 1.29 is 8.42 Å². The van der Waals surface area contributed by atoms with Gasteiger partial charge in [-0.15, -0.1) is 0 Å². The molecule has 0 bridgehead atoms. The Kier molecular flexibility index (Phi) is 4.60. The van der Waals surface area contributed by atoms with E-state index in [2.05, 4.69) is 22.5 Å². The van der Waals surface area contributed by atoms with E-state index in [4.69, 9.17) is 0 Å². The maximum atomic E-state index is 12.4. The quantitative estimate of drug-likeness (QED) is 0.769. The van der Waals surface area contributed by atoms with Crippen LogP contribution in [0.5, 0.6) is 0 Å². The van der Waals surface area contributed by atoms with Crippen LogP contribution in [-0.4, -0.2) is 18.8 Å². The summed E-state index contributed by atoms with van der Waals surface area (Å²) in [5, 5.41) is 0. The van der Waals surface area contributed by atoms with Crippen LogP contribution >= 0.6 is 15.9 Å². The predicted octanol–water partition coefficient (Wildman–Crippen LogP) is 3.40. The van der Waals surface area contributed by atoms with Crippen LogP contribution in [0.2, 0.25) is 0 Å². The Morgan fingerprint density at radius 2 is 2.05 bits per heavy atom. The van der Waals surface area contributed by atoms with Crippen LogP contribution in [0.15, 0.2) is 52.9 Å². The highest BCUT2D eigenvalue weighted by Crippen LogP contribution is 2.27. The lowest BCUT2D eigenvalue weighted by Crippen LogP contribution is -2.37. The molecule has 0 aromatic heterocycles. The highest BCUT2D eigenvalue weighted by atomic mass is 79.9. The number of hydrogen-bond donors (Lipinski definition) is 0. The molecule has 0 saturated carbocycles. The third-order valence-corrected chi connectivity index (χ3v) is 5.93. The zero-order valence-electron chi connectivity index (χ0n) is 10.5. The van der Waals surface area contributed by atoms with E-state index in [0.717, 1.165) is 18.4 Å². The molecule has 0 N–H and O–H groups in total. The molecule has 0 heterocycles. The summed E-state index contributed by atoms with van der Waals surface area (Å²) in [6.07, 6.45) is 5.72. The first-order chi connectivity index (χ1) is 9.01. The number of nitrogens with zero attached hydrogens (tertiary/aromatic N) is 1. The second-order valence-corrected chi connectivity index (χ2v) is 7.86. The molecule has 102 valence electrons. The van der Waals surface area contributed by atoms with Gasteiger partial charge in [-0.05, 0) is 34.3 Å². The fourth-order valence-corrected chi connectivity index (χ4v) is 3.79. The minimum Gasteiger partial charge on any atom is -0.206 e. The molecule has 0 radical (unpaired) electrons. The summed E-state index contributed by atoms with van der Waals surface area (Å²) in [4.78, 5) is 0. The fraction of sp³-hybridized carbons (Fsp3) is 0.286. The van der Waals surface area contributed by atoms with E-state index in [1.165, 1.54) is 4.31 Å². The van der Waals surface area contributed by atoms with E-state index in [1.807, 2.05) is 42.5 Å². The number of rotatable bonds is 5. The summed E-state index contributed by atoms with van der Waals surface area (Å²) in [6, 6.07) is 9.51. The minimum absolute atomic E-state index is 0.0104. The Morgan fingerprint density at radius 3 is 2.58 bits per heavy atom. The van der Waals surface area contributed by atoms with Crippen molar-refractivity contribution in [2.75, 3.05) is 0 Å². The number of sulfonamides is 1. The average molecular weight is 342 g/mol. The molecule has 0 spiro atoms. The smallest absolute Gasteiger partial charge is 0.206 e. The van der Waals surface area contributed by atoms with Crippen LogP contribution in [0.25, 0.3) is 0 Å². The van der Waals surface area contributed by atoms with Crippen molar-refractivity contribution in [3.63, 3.8) is 0 Å². The van der Waals surface area contributed by atoms with Gasteiger partial charge in [-0.25, -0.2) is 8.42 Å². The summed E-state index contributed by atoms with van der Waals surface area (Å²) < 4.78 is 26.2. The van der Waals surface area contributed by atoms with Crippen molar-refractivity contribution in [3.8, 4) is 0 Å². The van der Waals surface area contributed by atoms with Crippen molar-refractivity contribution in [1.82, 2.24) is 4.31 Å². The third-order valence-electron chi connectivity index (χ3n) is 3.13. The van der Waals surface area contributed by atoms with Gasteiger partial charge in [-0.2, -0.15) is 4.31 Å². The Hall–Kier alpha value is -0.910. The maximum absolute atomic E-state index is 12.4. The van der Waals surface area contributed by atoms with Gasteiger partial charge < -0.3 is 0 Å². The largest absolute Gasteiger partial charge is 0.249 e. The summed E-state index contributed by atoms with van der Waals surface area (Å²) in [5.41, 5.74) is 0.972. The van der Waals surface area contributed by atoms with Crippen molar-refractivity contribution in [1.29, 1.82) is 0 Å². The van der Waals surface area contributed by atoms with E-state index in [0.29, 0.717) is 6.54 Å². The van der Waals surface area contributed by atoms with Crippen LogP contribution in [0.4, 0.5) is 0 Å². The Morgan fingerprint density at radius 1 is 1.37 bits per heavy atom. The van der Waals surface area contributed by atoms with Crippen LogP contribution in [-0.2, 0) is 16.6 Å². The molecule has 1 atom stereocenters. The topological polar surface area (TPSA) is 37.4 Å². The molecule has 5 heteroatoms. The third kappa shape index (κ3) is 3.35. The second-order valence-electron chi connectivity index (χ2n) is 4.46. The lowest BCUT2D eigenvalue weighted by atomic mass is 10.2. The minimum atomic E-state index is -3.52. The van der Waals surface area contributed by atoms with Gasteiger partial charge in [0.15, 0.2) is 0 Å². The standard InChI is InChI=1S/C14H16BrNO2S/c1-12(15)19(17,18)16(14-9-5-6-10-14)11-13-7-3-2-4-8-13/h2-5,7-9,14H,1,6,10-11H2. The maximum Gasteiger partial charge on any atom is 0.249 e. The number of hydrogen-bond acceptors (Lipinski definition) is 2. The number of halogens is 1. The van der Waals surface area contributed by atoms with Gasteiger partial charge in [0.2, 0.25) is 10.0 Å². The Balaban J connectivity index is 2.30. The van der Waals surface area contributed by atoms with Crippen LogP contribution < -0.4 is 0 Å². The van der Waals surface area contributed by atoms with Gasteiger partial charge in [-0.3, -0.25) is 0 Å². The Labute approximate surface area is 122 Å². The molecule has 1 unspecified atom stereocenters. The van der Waals surface area contributed by atoms with E-state index >= 15 is 0 Å². The predicted molar refractivity (Wildman–Crippen MR) is 81.1 cm³/mol. The van der Waals surface area contributed by atoms with E-state index in [1.54, 1.807) is 0 Å². The van der Waals surface area contributed by atoms with Crippen LogP contribution in [0, 0.1) is 0 Å². The van der Waals surface area contributed by atoms with Crippen molar-refractivity contribution in [3.05, 3.63) is 58.4 Å². The van der Waals surface area contributed by atoms with Crippen LogP contribution in [0.3, 0.4) is 0 Å². The lowest BCUT2D eigenvalue weighted by Gasteiger charge is -2.26. The molecule has 19 heavy (non-hydrogen) atoms. The summed E-state index contributed by atoms with van der Waals surface area (Å²) >= 11 is 3.01. The van der Waals surface area contributed by atoms with Crippen LogP contribution in [0.1, 0.15) is 18.4 Å². The van der Waals surface area contributed by atoms with Crippen molar-refractivity contribution in [2.24, 2.45) is 0 Å². The first-order valence-corrected chi connectivity index (χ1v) is 8.32. The van der Waals surface area contributed by atoms with Gasteiger partial charge in [0.25, 0.3) is 0 Å². The first-order valence-electron chi connectivity index (χ1n) is 6.08. The summed E-state index contributed by atoms with van der Waals surface area (Å²) in [7, 11) is -3.52. The second kappa shape index (κ2) is 6.03. The molecular formula is C14H16BrNO2S. The highest BCUT2D eigenvalue weighted by molar-refractivity contribution is 9.13. The molecule has 0 saturated heterocycles. The molecular weight excluding hydrogens is 326 g/mol. The molecule has 1 aromatic carbocycles. The fourth-order valence-electron chi connectivity index (χ4n) is 2.13. The average Bonchev–Trinajstić information content (AvgIpc) is 2.90. The Bertz CT molecular complexity index is 581. The van der Waals surface area contributed by atoms with E-state index in [9.17, 15) is 8.42 Å². The van der Waals surface area contributed by atoms with E-state index in [-0.39, 0.29) is 9.86 Å². The normalized spacial score (nSPS) is 18.9. The lowest BCUT2D eigenvalue weighted by molar-refractivity contribution is 0.356. The molecule has 0 amide bonds. The highest BCUT2D eigenvalue weighted by Gasteiger charge is 2.31. The number of allylic oxidation sites excluding steroid dienone is 1. The number of benzene rings is 1. The molecule has 2 rings (SSSR count). The van der Waals surface area contributed by atoms with Gasteiger partial charge in [0, 0.05) is 12.6 Å². The van der Waals surface area contributed by atoms with Gasteiger partial charge in [0.1, 0.15) is 3.81 Å². The summed E-state index contributed by atoms with van der Waals surface area (Å²) in [6.45, 7) is 3.89. The molecule has 0 aliphatic heterocycles. The molecule has 1 aromatic rings. The van der Waals surface area contributed by atoms with Crippen molar-refractivity contribution >= 4 is 26.0 Å². The molecule has 3 nitrogen and oxygen atoms in total. The SMILES string of the molecule is C=C(Br)S(=O)(=O)N(Cc1ccccc1)C1C=CCC1. The molecule has 0 fully saturated rings. The monoisotopic (exact) mass is 341 g/mol. The first kappa shape index (κ1) is 14.5. The van der Waals surface area contributed by atoms with Gasteiger partial charge >= 0.3 is 0 Å².